The lowest BCUT2D eigenvalue weighted by Crippen LogP contribution is -2.05. The van der Waals surface area contributed by atoms with E-state index < -0.39 is 5.97 Å². The number of benzene rings is 1. The molecule has 0 fully saturated rings. The minimum atomic E-state index is -0.831. The third kappa shape index (κ3) is 5.90. The minimum absolute atomic E-state index is 0.0876. The van der Waals surface area contributed by atoms with Crippen molar-refractivity contribution in [3.8, 4) is 5.75 Å². The van der Waals surface area contributed by atoms with Crippen LogP contribution in [0.4, 0.5) is 0 Å². The topological polar surface area (TPSA) is 72.8 Å². The highest BCUT2D eigenvalue weighted by molar-refractivity contribution is 5.69. The molecule has 1 rings (SSSR count). The van der Waals surface area contributed by atoms with Crippen molar-refractivity contribution in [3.63, 3.8) is 0 Å². The highest BCUT2D eigenvalue weighted by atomic mass is 16.5. The molecule has 5 heteroatoms. The number of carbonyl (C=O) groups excluding carboxylic acids is 1. The Hall–Kier alpha value is -2.04. The molecule has 0 radical (unpaired) electrons. The maximum Gasteiger partial charge on any atom is 0.305 e. The number of para-hydroxylation sites is 1. The van der Waals surface area contributed by atoms with Gasteiger partial charge in [-0.05, 0) is 24.5 Å². The lowest BCUT2D eigenvalue weighted by Gasteiger charge is -2.10. The number of carboxylic acid groups (broad SMARTS) is 1. The summed E-state index contributed by atoms with van der Waals surface area (Å²) in [5.41, 5.74) is 0.920. The molecule has 104 valence electrons. The summed E-state index contributed by atoms with van der Waals surface area (Å²) in [5, 5.41) is 8.53. The van der Waals surface area contributed by atoms with Gasteiger partial charge in [-0.1, -0.05) is 18.2 Å². The van der Waals surface area contributed by atoms with E-state index in [-0.39, 0.29) is 12.4 Å². The van der Waals surface area contributed by atoms with Crippen molar-refractivity contribution in [1.29, 1.82) is 0 Å². The van der Waals surface area contributed by atoms with E-state index in [1.54, 1.807) is 0 Å². The SMILES string of the molecule is COC(=O)CCc1ccccc1OCCCC(=O)O. The van der Waals surface area contributed by atoms with Gasteiger partial charge < -0.3 is 14.6 Å². The zero-order valence-corrected chi connectivity index (χ0v) is 10.9. The molecule has 0 amide bonds. The molecule has 19 heavy (non-hydrogen) atoms. The van der Waals surface area contributed by atoms with Gasteiger partial charge in [-0.3, -0.25) is 9.59 Å². The lowest BCUT2D eigenvalue weighted by molar-refractivity contribution is -0.140. The number of rotatable bonds is 8. The fourth-order valence-corrected chi connectivity index (χ4v) is 1.60. The number of hydrogen-bond acceptors (Lipinski definition) is 4. The summed E-state index contributed by atoms with van der Waals surface area (Å²) in [5.74, 6) is -0.403. The van der Waals surface area contributed by atoms with E-state index in [2.05, 4.69) is 4.74 Å². The predicted molar refractivity (Wildman–Crippen MR) is 69.1 cm³/mol. The van der Waals surface area contributed by atoms with Crippen molar-refractivity contribution in [1.82, 2.24) is 0 Å². The molecule has 0 bridgehead atoms. The Morgan fingerprint density at radius 2 is 1.95 bits per heavy atom. The van der Waals surface area contributed by atoms with Crippen LogP contribution in [0.3, 0.4) is 0 Å². The van der Waals surface area contributed by atoms with Crippen LogP contribution >= 0.6 is 0 Å². The van der Waals surface area contributed by atoms with Crippen molar-refractivity contribution in [2.24, 2.45) is 0 Å². The van der Waals surface area contributed by atoms with Crippen LogP contribution in [0, 0.1) is 0 Å². The number of hydrogen-bond donors (Lipinski definition) is 1. The summed E-state index contributed by atoms with van der Waals surface area (Å²) in [6.07, 6.45) is 1.39. The van der Waals surface area contributed by atoms with Crippen molar-refractivity contribution in [3.05, 3.63) is 29.8 Å². The van der Waals surface area contributed by atoms with Gasteiger partial charge in [-0.15, -0.1) is 0 Å². The first-order valence-electron chi connectivity index (χ1n) is 6.13. The van der Waals surface area contributed by atoms with Crippen molar-refractivity contribution in [2.75, 3.05) is 13.7 Å². The quantitative estimate of drug-likeness (QED) is 0.575. The zero-order chi connectivity index (χ0) is 14.1. The second-order valence-electron chi connectivity index (χ2n) is 4.03. The fraction of sp³-hybridized carbons (Fsp3) is 0.429. The van der Waals surface area contributed by atoms with Crippen LogP contribution in [0.2, 0.25) is 0 Å². The first-order chi connectivity index (χ1) is 9.13. The Balaban J connectivity index is 2.48. The van der Waals surface area contributed by atoms with Crippen molar-refractivity contribution in [2.45, 2.75) is 25.7 Å². The van der Waals surface area contributed by atoms with Crippen LogP contribution in [0.25, 0.3) is 0 Å². The molecule has 0 saturated heterocycles. The van der Waals surface area contributed by atoms with Gasteiger partial charge in [0, 0.05) is 12.8 Å². The largest absolute Gasteiger partial charge is 0.493 e. The van der Waals surface area contributed by atoms with Crippen LogP contribution in [0.5, 0.6) is 5.75 Å². The second kappa shape index (κ2) is 8.13. The van der Waals surface area contributed by atoms with Gasteiger partial charge in [0.05, 0.1) is 13.7 Å². The van der Waals surface area contributed by atoms with Crippen LogP contribution in [-0.2, 0) is 20.7 Å². The summed E-state index contributed by atoms with van der Waals surface area (Å²) in [4.78, 5) is 21.5. The van der Waals surface area contributed by atoms with E-state index in [1.807, 2.05) is 24.3 Å². The Morgan fingerprint density at radius 3 is 2.63 bits per heavy atom. The first kappa shape index (κ1) is 15.0. The number of carbonyl (C=O) groups is 2. The number of ether oxygens (including phenoxy) is 2. The van der Waals surface area contributed by atoms with Gasteiger partial charge in [0.1, 0.15) is 5.75 Å². The lowest BCUT2D eigenvalue weighted by atomic mass is 10.1. The molecule has 0 aliphatic carbocycles. The summed E-state index contributed by atoms with van der Waals surface area (Å²) < 4.78 is 10.1. The van der Waals surface area contributed by atoms with Crippen molar-refractivity contribution >= 4 is 11.9 Å². The smallest absolute Gasteiger partial charge is 0.305 e. The number of esters is 1. The molecule has 0 heterocycles. The maximum absolute atomic E-state index is 11.1. The number of aliphatic carboxylic acids is 1. The molecule has 5 nitrogen and oxygen atoms in total. The molecule has 0 spiro atoms. The zero-order valence-electron chi connectivity index (χ0n) is 10.9. The van der Waals surface area contributed by atoms with Crippen LogP contribution in [0.15, 0.2) is 24.3 Å². The fourth-order valence-electron chi connectivity index (χ4n) is 1.60. The Kier molecular flexibility index (Phi) is 6.43. The minimum Gasteiger partial charge on any atom is -0.493 e. The third-order valence-electron chi connectivity index (χ3n) is 2.59. The molecule has 0 aliphatic heterocycles. The van der Waals surface area contributed by atoms with E-state index in [4.69, 9.17) is 9.84 Å². The predicted octanol–water partition coefficient (Wildman–Crippen LogP) is 2.04. The van der Waals surface area contributed by atoms with E-state index >= 15 is 0 Å². The van der Waals surface area contributed by atoms with E-state index in [1.165, 1.54) is 7.11 Å². The highest BCUT2D eigenvalue weighted by Gasteiger charge is 2.07. The number of aryl methyl sites for hydroxylation is 1. The molecular weight excluding hydrogens is 248 g/mol. The van der Waals surface area contributed by atoms with E-state index in [0.717, 1.165) is 5.56 Å². The molecule has 0 aromatic heterocycles. The van der Waals surface area contributed by atoms with E-state index in [9.17, 15) is 9.59 Å². The molecule has 1 aromatic rings. The van der Waals surface area contributed by atoms with Crippen LogP contribution in [0.1, 0.15) is 24.8 Å². The molecule has 1 aromatic carbocycles. The van der Waals surface area contributed by atoms with Crippen LogP contribution in [-0.4, -0.2) is 30.8 Å². The second-order valence-corrected chi connectivity index (χ2v) is 4.03. The molecule has 0 unspecified atom stereocenters. The normalized spacial score (nSPS) is 9.95. The van der Waals surface area contributed by atoms with Crippen molar-refractivity contribution < 1.29 is 24.2 Å². The average molecular weight is 266 g/mol. The van der Waals surface area contributed by atoms with Gasteiger partial charge in [-0.25, -0.2) is 0 Å². The standard InChI is InChI=1S/C14H18O5/c1-18-14(17)9-8-11-5-2-3-6-12(11)19-10-4-7-13(15)16/h2-3,5-6H,4,7-10H2,1H3,(H,15,16). The van der Waals surface area contributed by atoms with Gasteiger partial charge in [0.2, 0.25) is 0 Å². The number of methoxy groups -OCH3 is 1. The summed E-state index contributed by atoms with van der Waals surface area (Å²) in [6.45, 7) is 0.349. The molecule has 0 atom stereocenters. The average Bonchev–Trinajstić information content (AvgIpc) is 2.41. The van der Waals surface area contributed by atoms with Crippen LogP contribution < -0.4 is 4.74 Å². The monoisotopic (exact) mass is 266 g/mol. The van der Waals surface area contributed by atoms with Gasteiger partial charge in [0.15, 0.2) is 0 Å². The molecule has 0 saturated carbocycles. The van der Waals surface area contributed by atoms with Gasteiger partial charge >= 0.3 is 11.9 Å². The Morgan fingerprint density at radius 1 is 1.21 bits per heavy atom. The van der Waals surface area contributed by atoms with Gasteiger partial charge in [0.25, 0.3) is 0 Å². The highest BCUT2D eigenvalue weighted by Crippen LogP contribution is 2.20. The molecular formula is C14H18O5. The molecule has 0 aliphatic rings. The van der Waals surface area contributed by atoms with Gasteiger partial charge in [-0.2, -0.15) is 0 Å². The summed E-state index contributed by atoms with van der Waals surface area (Å²) in [6, 6.07) is 7.41. The summed E-state index contributed by atoms with van der Waals surface area (Å²) >= 11 is 0. The third-order valence-corrected chi connectivity index (χ3v) is 2.59. The molecule has 1 N–H and O–H groups in total. The Labute approximate surface area is 112 Å². The van der Waals surface area contributed by atoms with E-state index in [0.29, 0.717) is 31.6 Å². The maximum atomic E-state index is 11.1. The Bertz CT molecular complexity index is 428. The number of carboxylic acids is 1. The first-order valence-corrected chi connectivity index (χ1v) is 6.13. The summed E-state index contributed by atoms with van der Waals surface area (Å²) in [7, 11) is 1.36.